The molecule has 0 radical (unpaired) electrons. The monoisotopic (exact) mass is 238 g/mol. The molecule has 92 valence electrons. The van der Waals surface area contributed by atoms with Crippen LogP contribution in [-0.4, -0.2) is 22.1 Å². The molecule has 0 spiro atoms. The topological polar surface area (TPSA) is 74.4 Å². The van der Waals surface area contributed by atoms with Crippen LogP contribution in [-0.2, 0) is 11.3 Å². The fraction of sp³-hybridized carbons (Fsp3) is 0.545. The van der Waals surface area contributed by atoms with E-state index in [4.69, 9.17) is 4.74 Å². The van der Waals surface area contributed by atoms with Gasteiger partial charge < -0.3 is 9.30 Å². The molecule has 0 saturated heterocycles. The van der Waals surface area contributed by atoms with Crippen LogP contribution in [0.15, 0.2) is 12.3 Å². The Labute approximate surface area is 98.3 Å². The minimum absolute atomic E-state index is 0.0614. The highest BCUT2D eigenvalue weighted by Gasteiger charge is 2.26. The lowest BCUT2D eigenvalue weighted by molar-refractivity contribution is -0.384. The van der Waals surface area contributed by atoms with Crippen molar-refractivity contribution in [2.24, 2.45) is 5.92 Å². The fourth-order valence-electron chi connectivity index (χ4n) is 1.70. The number of hydrogen-bond donors (Lipinski definition) is 0. The van der Waals surface area contributed by atoms with Crippen molar-refractivity contribution < 1.29 is 14.5 Å². The van der Waals surface area contributed by atoms with E-state index < -0.39 is 10.9 Å². The second-order valence-corrected chi connectivity index (χ2v) is 4.16. The van der Waals surface area contributed by atoms with Crippen LogP contribution in [0.1, 0.15) is 30.3 Å². The molecule has 0 aromatic carbocycles. The van der Waals surface area contributed by atoms with Crippen molar-refractivity contribution in [1.82, 2.24) is 4.57 Å². The van der Waals surface area contributed by atoms with E-state index in [1.54, 1.807) is 11.5 Å². The summed E-state index contributed by atoms with van der Waals surface area (Å²) >= 11 is 0. The Morgan fingerprint density at radius 2 is 2.35 bits per heavy atom. The molecule has 0 atom stereocenters. The van der Waals surface area contributed by atoms with E-state index in [2.05, 4.69) is 0 Å². The number of carbonyl (C=O) groups excluding carboxylic acids is 1. The molecule has 0 aliphatic heterocycles. The molecule has 0 N–H and O–H groups in total. The third-order valence-corrected chi connectivity index (χ3v) is 2.73. The van der Waals surface area contributed by atoms with E-state index in [9.17, 15) is 14.9 Å². The first kappa shape index (κ1) is 11.6. The van der Waals surface area contributed by atoms with Gasteiger partial charge in [-0.1, -0.05) is 0 Å². The van der Waals surface area contributed by atoms with E-state index in [-0.39, 0.29) is 18.0 Å². The number of nitro groups is 1. The van der Waals surface area contributed by atoms with Crippen molar-refractivity contribution >= 4 is 11.7 Å². The normalized spacial score (nSPS) is 14.6. The molecule has 1 aromatic heterocycles. The summed E-state index contributed by atoms with van der Waals surface area (Å²) in [5.74, 6) is 0.0384. The Kier molecular flexibility index (Phi) is 3.12. The molecule has 6 heteroatoms. The summed E-state index contributed by atoms with van der Waals surface area (Å²) in [6, 6.07) is 1.28. The Hall–Kier alpha value is -1.85. The van der Waals surface area contributed by atoms with Gasteiger partial charge in [-0.2, -0.15) is 0 Å². The predicted octanol–water partition coefficient (Wildman–Crippen LogP) is 1.98. The van der Waals surface area contributed by atoms with Crippen LogP contribution in [0.2, 0.25) is 0 Å². The van der Waals surface area contributed by atoms with Gasteiger partial charge >= 0.3 is 5.97 Å². The van der Waals surface area contributed by atoms with E-state index in [0.717, 1.165) is 12.8 Å². The summed E-state index contributed by atoms with van der Waals surface area (Å²) in [4.78, 5) is 21.8. The second-order valence-electron chi connectivity index (χ2n) is 4.16. The first-order valence-electron chi connectivity index (χ1n) is 5.63. The van der Waals surface area contributed by atoms with Crippen LogP contribution in [0.5, 0.6) is 0 Å². The smallest absolute Gasteiger partial charge is 0.355 e. The standard InChI is InChI=1S/C11H14N2O4/c1-2-17-11(14)10-5-9(13(15)16)7-12(10)6-8-3-4-8/h5,7-8H,2-4,6H2,1H3. The van der Waals surface area contributed by atoms with Gasteiger partial charge in [-0.15, -0.1) is 0 Å². The zero-order valence-corrected chi connectivity index (χ0v) is 9.59. The molecule has 0 bridgehead atoms. The van der Waals surface area contributed by atoms with Crippen molar-refractivity contribution in [3.8, 4) is 0 Å². The summed E-state index contributed by atoms with van der Waals surface area (Å²) < 4.78 is 6.51. The summed E-state index contributed by atoms with van der Waals surface area (Å²) in [5.41, 5.74) is 0.208. The maximum Gasteiger partial charge on any atom is 0.355 e. The number of rotatable bonds is 5. The molecule has 0 amide bonds. The molecular weight excluding hydrogens is 224 g/mol. The molecule has 6 nitrogen and oxygen atoms in total. The van der Waals surface area contributed by atoms with E-state index in [1.807, 2.05) is 0 Å². The van der Waals surface area contributed by atoms with Gasteiger partial charge in [0.1, 0.15) is 5.69 Å². The average Bonchev–Trinajstić information content (AvgIpc) is 2.95. The molecule has 1 heterocycles. The summed E-state index contributed by atoms with van der Waals surface area (Å²) in [6.45, 7) is 2.63. The lowest BCUT2D eigenvalue weighted by Gasteiger charge is -2.06. The van der Waals surface area contributed by atoms with Crippen molar-refractivity contribution in [2.45, 2.75) is 26.3 Å². The zero-order valence-electron chi connectivity index (χ0n) is 9.59. The summed E-state index contributed by atoms with van der Waals surface area (Å²) in [6.07, 6.45) is 3.65. The first-order valence-corrected chi connectivity index (χ1v) is 5.63. The Bertz CT molecular complexity index is 448. The molecule has 1 saturated carbocycles. The molecule has 1 aromatic rings. The van der Waals surface area contributed by atoms with Crippen LogP contribution in [0.4, 0.5) is 5.69 Å². The number of ether oxygens (including phenoxy) is 1. The lowest BCUT2D eigenvalue weighted by Crippen LogP contribution is -2.12. The molecule has 1 fully saturated rings. The second kappa shape index (κ2) is 4.57. The fourth-order valence-corrected chi connectivity index (χ4v) is 1.70. The Balaban J connectivity index is 2.25. The van der Waals surface area contributed by atoms with Crippen LogP contribution in [0, 0.1) is 16.0 Å². The third-order valence-electron chi connectivity index (χ3n) is 2.73. The van der Waals surface area contributed by atoms with E-state index in [1.165, 1.54) is 12.3 Å². The maximum absolute atomic E-state index is 11.6. The van der Waals surface area contributed by atoms with Crippen molar-refractivity contribution in [3.05, 3.63) is 28.1 Å². The third kappa shape index (κ3) is 2.64. The highest BCUT2D eigenvalue weighted by molar-refractivity contribution is 5.88. The molecule has 1 aliphatic rings. The maximum atomic E-state index is 11.6. The van der Waals surface area contributed by atoms with Gasteiger partial charge in [0.25, 0.3) is 5.69 Å². The Morgan fingerprint density at radius 1 is 1.65 bits per heavy atom. The van der Waals surface area contributed by atoms with E-state index >= 15 is 0 Å². The van der Waals surface area contributed by atoms with Crippen LogP contribution in [0.3, 0.4) is 0 Å². The average molecular weight is 238 g/mol. The summed E-state index contributed by atoms with van der Waals surface area (Å²) in [5, 5.41) is 10.7. The highest BCUT2D eigenvalue weighted by atomic mass is 16.6. The quantitative estimate of drug-likeness (QED) is 0.446. The van der Waals surface area contributed by atoms with Gasteiger partial charge in [0.05, 0.1) is 17.7 Å². The largest absolute Gasteiger partial charge is 0.461 e. The number of hydrogen-bond acceptors (Lipinski definition) is 4. The minimum Gasteiger partial charge on any atom is -0.461 e. The summed E-state index contributed by atoms with van der Waals surface area (Å²) in [7, 11) is 0. The van der Waals surface area contributed by atoms with Gasteiger partial charge in [0.15, 0.2) is 0 Å². The highest BCUT2D eigenvalue weighted by Crippen LogP contribution is 2.32. The van der Waals surface area contributed by atoms with Crippen molar-refractivity contribution in [2.75, 3.05) is 6.61 Å². The minimum atomic E-state index is -0.499. The van der Waals surface area contributed by atoms with Crippen molar-refractivity contribution in [1.29, 1.82) is 0 Å². The molecule has 0 unspecified atom stereocenters. The Morgan fingerprint density at radius 3 is 2.88 bits per heavy atom. The molecular formula is C11H14N2O4. The molecule has 17 heavy (non-hydrogen) atoms. The predicted molar refractivity (Wildman–Crippen MR) is 59.8 cm³/mol. The van der Waals surface area contributed by atoms with Gasteiger partial charge in [-0.05, 0) is 25.7 Å². The van der Waals surface area contributed by atoms with Gasteiger partial charge in [0, 0.05) is 12.6 Å². The number of carbonyl (C=O) groups is 1. The lowest BCUT2D eigenvalue weighted by atomic mass is 10.4. The number of nitrogens with zero attached hydrogens (tertiary/aromatic N) is 2. The van der Waals surface area contributed by atoms with Gasteiger partial charge in [-0.25, -0.2) is 4.79 Å². The van der Waals surface area contributed by atoms with Crippen LogP contribution < -0.4 is 0 Å². The number of esters is 1. The van der Waals surface area contributed by atoms with Crippen molar-refractivity contribution in [3.63, 3.8) is 0 Å². The molecule has 1 aliphatic carbocycles. The number of aromatic nitrogens is 1. The molecule has 2 rings (SSSR count). The van der Waals surface area contributed by atoms with Gasteiger partial charge in [0.2, 0.25) is 0 Å². The van der Waals surface area contributed by atoms with Gasteiger partial charge in [-0.3, -0.25) is 10.1 Å². The van der Waals surface area contributed by atoms with Crippen LogP contribution >= 0.6 is 0 Å². The van der Waals surface area contributed by atoms with Crippen LogP contribution in [0.25, 0.3) is 0 Å². The van der Waals surface area contributed by atoms with E-state index in [0.29, 0.717) is 12.5 Å². The zero-order chi connectivity index (χ0) is 12.4. The SMILES string of the molecule is CCOC(=O)c1cc([N+](=O)[O-])cn1CC1CC1. The first-order chi connectivity index (χ1) is 8.11.